The molecular weight excluding hydrogens is 438 g/mol. The lowest BCUT2D eigenvalue weighted by Crippen LogP contribution is -2.53. The van der Waals surface area contributed by atoms with Gasteiger partial charge in [0.15, 0.2) is 11.6 Å². The van der Waals surface area contributed by atoms with Crippen molar-refractivity contribution < 1.29 is 13.5 Å². The number of pyridine rings is 1. The van der Waals surface area contributed by atoms with E-state index in [2.05, 4.69) is 44.1 Å². The van der Waals surface area contributed by atoms with Crippen LogP contribution in [0.25, 0.3) is 11.3 Å². The Kier molecular flexibility index (Phi) is 5.52. The maximum Gasteiger partial charge on any atom is 0.387 e. The lowest BCUT2D eigenvalue weighted by Gasteiger charge is -2.41. The van der Waals surface area contributed by atoms with Gasteiger partial charge >= 0.3 is 6.61 Å². The molecule has 0 bridgehead atoms. The number of hydrogen-bond donors (Lipinski definition) is 1. The van der Waals surface area contributed by atoms with Crippen LogP contribution in [0.15, 0.2) is 18.3 Å². The molecule has 2 aromatic rings. The number of halogens is 2. The molecule has 6 rings (SSSR count). The Bertz CT molecular complexity index is 1050. The second-order valence-corrected chi connectivity index (χ2v) is 10.8. The fourth-order valence-electron chi connectivity index (χ4n) is 6.89. The van der Waals surface area contributed by atoms with Crippen molar-refractivity contribution >= 4 is 5.82 Å². The number of hydrogen-bond acceptors (Lipinski definition) is 6. The molecule has 7 nitrogen and oxygen atoms in total. The van der Waals surface area contributed by atoms with Gasteiger partial charge in [0.25, 0.3) is 0 Å². The minimum Gasteiger partial charge on any atom is -0.431 e. The van der Waals surface area contributed by atoms with Gasteiger partial charge in [-0.2, -0.15) is 13.9 Å². The Morgan fingerprint density at radius 3 is 2.56 bits per heavy atom. The maximum absolute atomic E-state index is 12.8. The fourth-order valence-corrected chi connectivity index (χ4v) is 6.89. The third-order valence-corrected chi connectivity index (χ3v) is 8.54. The second kappa shape index (κ2) is 8.45. The molecule has 9 heteroatoms. The summed E-state index contributed by atoms with van der Waals surface area (Å²) in [5, 5.41) is 4.84. The summed E-state index contributed by atoms with van der Waals surface area (Å²) in [6, 6.07) is 5.35. The first-order valence-corrected chi connectivity index (χ1v) is 12.7. The summed E-state index contributed by atoms with van der Waals surface area (Å²) in [6.07, 6.45) is 6.85. The highest BCUT2D eigenvalue weighted by atomic mass is 19.3. The molecule has 34 heavy (non-hydrogen) atoms. The second-order valence-electron chi connectivity index (χ2n) is 10.8. The smallest absolute Gasteiger partial charge is 0.387 e. The van der Waals surface area contributed by atoms with Crippen LogP contribution in [0, 0.1) is 11.8 Å². The molecule has 4 fully saturated rings. The molecule has 184 valence electrons. The predicted octanol–water partition coefficient (Wildman–Crippen LogP) is 3.98. The summed E-state index contributed by atoms with van der Waals surface area (Å²) >= 11 is 0. The van der Waals surface area contributed by atoms with Crippen LogP contribution in [0.5, 0.6) is 5.75 Å². The molecule has 2 saturated heterocycles. The van der Waals surface area contributed by atoms with Crippen LogP contribution in [0.1, 0.15) is 57.2 Å². The number of nitrogens with zero attached hydrogens (tertiary/aromatic N) is 5. The van der Waals surface area contributed by atoms with Crippen molar-refractivity contribution in [1.82, 2.24) is 24.6 Å². The summed E-state index contributed by atoms with van der Waals surface area (Å²) in [5.41, 5.74) is 8.35. The van der Waals surface area contributed by atoms with Gasteiger partial charge in [-0.3, -0.25) is 14.5 Å². The first kappa shape index (κ1) is 22.2. The number of fused-ring (bicyclic) bond motifs is 2. The highest BCUT2D eigenvalue weighted by Gasteiger charge is 2.59. The van der Waals surface area contributed by atoms with E-state index in [9.17, 15) is 8.78 Å². The van der Waals surface area contributed by atoms with Crippen molar-refractivity contribution in [3.63, 3.8) is 0 Å². The van der Waals surface area contributed by atoms with Crippen LogP contribution in [0.3, 0.4) is 0 Å². The van der Waals surface area contributed by atoms with Gasteiger partial charge in [0.05, 0.1) is 5.69 Å². The van der Waals surface area contributed by atoms with Crippen LogP contribution in [0.2, 0.25) is 0 Å². The van der Waals surface area contributed by atoms with E-state index < -0.39 is 6.61 Å². The van der Waals surface area contributed by atoms with Gasteiger partial charge in [-0.25, -0.2) is 4.98 Å². The number of nitrogen functional groups attached to an aromatic ring is 1. The molecule has 4 aliphatic rings. The maximum atomic E-state index is 12.8. The van der Waals surface area contributed by atoms with E-state index in [1.54, 1.807) is 6.20 Å². The number of rotatable bonds is 6. The lowest BCUT2D eigenvalue weighted by molar-refractivity contribution is -0.0494. The standard InChI is InChI=1S/C25H34F2N6O/c1-14(2)33-21(11-20(30-33)15-8-22(34-25(26)27)24(28)29-12-15)23-18-9-17(10-19(18)23)32-7-6-31-5-3-4-16(31)13-32/h8,11-12,14,16-19,23,25H,3-7,9-10,13H2,1-2H3,(H2,28,29). The molecule has 2 saturated carbocycles. The van der Waals surface area contributed by atoms with Gasteiger partial charge in [-0.15, -0.1) is 0 Å². The number of alkyl halides is 2. The zero-order valence-electron chi connectivity index (χ0n) is 19.9. The van der Waals surface area contributed by atoms with Gasteiger partial charge in [0.2, 0.25) is 0 Å². The highest BCUT2D eigenvalue weighted by Crippen LogP contribution is 2.64. The highest BCUT2D eigenvalue weighted by molar-refractivity contribution is 5.64. The lowest BCUT2D eigenvalue weighted by atomic mass is 10.0. The van der Waals surface area contributed by atoms with E-state index >= 15 is 0 Å². The largest absolute Gasteiger partial charge is 0.431 e. The zero-order valence-corrected chi connectivity index (χ0v) is 19.9. The molecule has 3 unspecified atom stereocenters. The summed E-state index contributed by atoms with van der Waals surface area (Å²) in [5.74, 6) is 1.81. The number of piperazine rings is 1. The SMILES string of the molecule is CC(C)n1nc(-c2cnc(N)c(OC(F)F)c2)cc1C1C2CC(N3CCN4CCCC4C3)CC21. The Balaban J connectivity index is 1.18. The molecule has 2 aliphatic carbocycles. The topological polar surface area (TPSA) is 72.4 Å². The molecule has 0 amide bonds. The van der Waals surface area contributed by atoms with E-state index in [4.69, 9.17) is 10.8 Å². The van der Waals surface area contributed by atoms with Crippen LogP contribution in [-0.2, 0) is 0 Å². The van der Waals surface area contributed by atoms with E-state index in [1.807, 2.05) is 0 Å². The van der Waals surface area contributed by atoms with Crippen molar-refractivity contribution in [1.29, 1.82) is 0 Å². The average molecular weight is 473 g/mol. The van der Waals surface area contributed by atoms with Gasteiger partial charge in [-0.05, 0) is 70.0 Å². The molecular formula is C25H34F2N6O. The molecule has 2 aromatic heterocycles. The first-order chi connectivity index (χ1) is 16.4. The Labute approximate surface area is 199 Å². The number of anilines is 1. The third-order valence-electron chi connectivity index (χ3n) is 8.54. The first-order valence-electron chi connectivity index (χ1n) is 12.7. The van der Waals surface area contributed by atoms with Gasteiger partial charge in [-0.1, -0.05) is 0 Å². The average Bonchev–Trinajstić information content (AvgIpc) is 3.27. The predicted molar refractivity (Wildman–Crippen MR) is 126 cm³/mol. The minimum absolute atomic E-state index is 0.0474. The van der Waals surface area contributed by atoms with E-state index in [0.717, 1.165) is 29.6 Å². The molecule has 2 N–H and O–H groups in total. The molecule has 0 aromatic carbocycles. The van der Waals surface area contributed by atoms with E-state index in [-0.39, 0.29) is 17.6 Å². The van der Waals surface area contributed by atoms with Crippen molar-refractivity contribution in [3.8, 4) is 17.0 Å². The van der Waals surface area contributed by atoms with Crippen LogP contribution < -0.4 is 10.5 Å². The number of aromatic nitrogens is 3. The monoisotopic (exact) mass is 472 g/mol. The Morgan fingerprint density at radius 1 is 1.06 bits per heavy atom. The fraction of sp³-hybridized carbons (Fsp3) is 0.680. The van der Waals surface area contributed by atoms with Gasteiger partial charge < -0.3 is 10.5 Å². The van der Waals surface area contributed by atoms with Crippen molar-refractivity contribution in [2.75, 3.05) is 31.9 Å². The normalized spacial score (nSPS) is 31.3. The Morgan fingerprint density at radius 2 is 1.82 bits per heavy atom. The number of nitrogens with two attached hydrogens (primary N) is 1. The molecule has 0 radical (unpaired) electrons. The van der Waals surface area contributed by atoms with Gasteiger partial charge in [0.1, 0.15) is 0 Å². The van der Waals surface area contributed by atoms with Crippen molar-refractivity contribution in [2.24, 2.45) is 11.8 Å². The summed E-state index contributed by atoms with van der Waals surface area (Å²) in [4.78, 5) is 9.51. The molecule has 3 atom stereocenters. The van der Waals surface area contributed by atoms with Crippen molar-refractivity contribution in [2.45, 2.75) is 70.2 Å². The van der Waals surface area contributed by atoms with Crippen LogP contribution in [0.4, 0.5) is 14.6 Å². The quantitative estimate of drug-likeness (QED) is 0.686. The van der Waals surface area contributed by atoms with E-state index in [0.29, 0.717) is 11.5 Å². The zero-order chi connectivity index (χ0) is 23.6. The van der Waals surface area contributed by atoms with Crippen LogP contribution in [-0.4, -0.2) is 69.4 Å². The molecule has 0 spiro atoms. The molecule has 4 heterocycles. The minimum atomic E-state index is -2.95. The summed E-state index contributed by atoms with van der Waals surface area (Å²) < 4.78 is 32.2. The number of ether oxygens (including phenoxy) is 1. The van der Waals surface area contributed by atoms with Gasteiger partial charge in [0, 0.05) is 61.1 Å². The third kappa shape index (κ3) is 3.86. The van der Waals surface area contributed by atoms with Crippen molar-refractivity contribution in [3.05, 3.63) is 24.0 Å². The molecule has 2 aliphatic heterocycles. The van der Waals surface area contributed by atoms with E-state index in [1.165, 1.54) is 63.6 Å². The summed E-state index contributed by atoms with van der Waals surface area (Å²) in [6.45, 7) is 6.30. The Hall–Kier alpha value is -2.26. The summed E-state index contributed by atoms with van der Waals surface area (Å²) in [7, 11) is 0. The van der Waals surface area contributed by atoms with Crippen LogP contribution >= 0.6 is 0 Å².